The van der Waals surface area contributed by atoms with Crippen molar-refractivity contribution in [1.82, 2.24) is 0 Å². The lowest BCUT2D eigenvalue weighted by Gasteiger charge is -2.51. The summed E-state index contributed by atoms with van der Waals surface area (Å²) in [7, 11) is 0. The molecule has 3 atom stereocenters. The first-order valence-electron chi connectivity index (χ1n) is 7.24. The van der Waals surface area contributed by atoms with E-state index >= 15 is 0 Å². The van der Waals surface area contributed by atoms with Crippen molar-refractivity contribution in [2.24, 2.45) is 22.2 Å². The first kappa shape index (κ1) is 13.4. The Labute approximate surface area is 107 Å². The highest BCUT2D eigenvalue weighted by Crippen LogP contribution is 2.69. The van der Waals surface area contributed by atoms with Crippen molar-refractivity contribution in [1.29, 1.82) is 0 Å². The minimum absolute atomic E-state index is 0.102. The van der Waals surface area contributed by atoms with Gasteiger partial charge in [0, 0.05) is 0 Å². The van der Waals surface area contributed by atoms with E-state index in [1.165, 1.54) is 19.3 Å². The van der Waals surface area contributed by atoms with Crippen molar-refractivity contribution in [3.05, 3.63) is 0 Å². The number of aliphatic hydroxyl groups is 1. The van der Waals surface area contributed by atoms with Crippen LogP contribution in [0.1, 0.15) is 73.6 Å². The van der Waals surface area contributed by atoms with Gasteiger partial charge in [0.05, 0.1) is 5.60 Å². The molecule has 1 heteroatoms. The van der Waals surface area contributed by atoms with Gasteiger partial charge in [0.15, 0.2) is 0 Å². The largest absolute Gasteiger partial charge is 0.389 e. The zero-order chi connectivity index (χ0) is 13.1. The summed E-state index contributed by atoms with van der Waals surface area (Å²) in [6.45, 7) is 13.7. The highest BCUT2D eigenvalue weighted by atomic mass is 16.3. The van der Waals surface area contributed by atoms with Crippen molar-refractivity contribution in [3.63, 3.8) is 0 Å². The number of hydrogen-bond acceptors (Lipinski definition) is 1. The quantitative estimate of drug-likeness (QED) is 0.756. The van der Waals surface area contributed by atoms with Gasteiger partial charge in [-0.25, -0.2) is 0 Å². The lowest BCUT2D eigenvalue weighted by molar-refractivity contribution is -0.151. The number of hydrogen-bond donors (Lipinski definition) is 1. The Morgan fingerprint density at radius 2 is 1.76 bits per heavy atom. The molecule has 0 aromatic rings. The van der Waals surface area contributed by atoms with Gasteiger partial charge in [-0.3, -0.25) is 0 Å². The van der Waals surface area contributed by atoms with Crippen LogP contribution in [0.4, 0.5) is 0 Å². The Hall–Kier alpha value is -0.0400. The Morgan fingerprint density at radius 3 is 2.18 bits per heavy atom. The van der Waals surface area contributed by atoms with Gasteiger partial charge in [0.2, 0.25) is 0 Å². The van der Waals surface area contributed by atoms with Crippen molar-refractivity contribution in [2.75, 3.05) is 0 Å². The van der Waals surface area contributed by atoms with Gasteiger partial charge >= 0.3 is 0 Å². The Kier molecular flexibility index (Phi) is 2.75. The topological polar surface area (TPSA) is 20.2 Å². The molecule has 0 heterocycles. The fourth-order valence-electron chi connectivity index (χ4n) is 4.53. The maximum Gasteiger partial charge on any atom is 0.0754 e. The predicted octanol–water partition coefficient (Wildman–Crippen LogP) is 4.39. The molecule has 0 aliphatic heterocycles. The molecule has 2 bridgehead atoms. The first-order chi connectivity index (χ1) is 7.52. The Morgan fingerprint density at radius 1 is 1.18 bits per heavy atom. The summed E-state index contributed by atoms with van der Waals surface area (Å²) in [5, 5.41) is 11.3. The summed E-state index contributed by atoms with van der Waals surface area (Å²) in [6, 6.07) is 0. The van der Waals surface area contributed by atoms with Crippen LogP contribution in [0.2, 0.25) is 0 Å². The van der Waals surface area contributed by atoms with E-state index in [1.807, 2.05) is 0 Å². The minimum Gasteiger partial charge on any atom is -0.389 e. The molecule has 2 saturated carbocycles. The fraction of sp³-hybridized carbons (Fsp3) is 1.00. The second-order valence-electron chi connectivity index (χ2n) is 8.64. The maximum atomic E-state index is 11.3. The lowest BCUT2D eigenvalue weighted by Crippen LogP contribution is -2.54. The van der Waals surface area contributed by atoms with E-state index in [9.17, 15) is 5.11 Å². The van der Waals surface area contributed by atoms with Crippen LogP contribution in [-0.2, 0) is 0 Å². The lowest BCUT2D eigenvalue weighted by atomic mass is 9.58. The summed E-state index contributed by atoms with van der Waals surface area (Å²) in [5.41, 5.74) is 0.151. The molecule has 2 rings (SSSR count). The summed E-state index contributed by atoms with van der Waals surface area (Å²) in [4.78, 5) is 0. The Balaban J connectivity index is 2.23. The molecule has 100 valence electrons. The molecule has 0 spiro atoms. The molecule has 0 aromatic heterocycles. The normalized spacial score (nSPS) is 44.3. The minimum atomic E-state index is -0.448. The van der Waals surface area contributed by atoms with Gasteiger partial charge < -0.3 is 5.11 Å². The summed E-state index contributed by atoms with van der Waals surface area (Å²) < 4.78 is 0. The average molecular weight is 238 g/mol. The molecular weight excluding hydrogens is 208 g/mol. The van der Waals surface area contributed by atoms with E-state index in [-0.39, 0.29) is 10.8 Å². The van der Waals surface area contributed by atoms with Crippen LogP contribution in [0.3, 0.4) is 0 Å². The molecule has 1 nitrogen and oxygen atoms in total. The van der Waals surface area contributed by atoms with Gasteiger partial charge in [0.1, 0.15) is 0 Å². The highest BCUT2D eigenvalue weighted by molar-refractivity contribution is 5.17. The summed E-state index contributed by atoms with van der Waals surface area (Å²) in [5.74, 6) is 0.734. The van der Waals surface area contributed by atoms with Crippen LogP contribution < -0.4 is 0 Å². The van der Waals surface area contributed by atoms with E-state index in [1.54, 1.807) is 0 Å². The smallest absolute Gasteiger partial charge is 0.0754 e. The van der Waals surface area contributed by atoms with Gasteiger partial charge in [-0.05, 0) is 54.3 Å². The van der Waals surface area contributed by atoms with E-state index in [0.29, 0.717) is 5.41 Å². The molecular formula is C16H30O. The second kappa shape index (κ2) is 3.50. The van der Waals surface area contributed by atoms with E-state index in [4.69, 9.17) is 0 Å². The van der Waals surface area contributed by atoms with Crippen LogP contribution in [0.5, 0.6) is 0 Å². The second-order valence-corrected chi connectivity index (χ2v) is 8.64. The molecule has 0 radical (unpaired) electrons. The van der Waals surface area contributed by atoms with Crippen molar-refractivity contribution >= 4 is 0 Å². The monoisotopic (exact) mass is 238 g/mol. The van der Waals surface area contributed by atoms with Crippen LogP contribution in [0, 0.1) is 22.2 Å². The van der Waals surface area contributed by atoms with Crippen LogP contribution in [0.25, 0.3) is 0 Å². The van der Waals surface area contributed by atoms with Crippen LogP contribution >= 0.6 is 0 Å². The molecule has 3 unspecified atom stereocenters. The van der Waals surface area contributed by atoms with E-state index in [2.05, 4.69) is 41.5 Å². The molecule has 2 fully saturated rings. The van der Waals surface area contributed by atoms with Crippen LogP contribution in [-0.4, -0.2) is 10.7 Å². The third-order valence-electron chi connectivity index (χ3n) is 6.06. The third-order valence-corrected chi connectivity index (χ3v) is 6.06. The molecule has 1 N–H and O–H groups in total. The average Bonchev–Trinajstić information content (AvgIpc) is 2.61. The number of fused-ring (bicyclic) bond motifs is 2. The Bertz CT molecular complexity index is 305. The predicted molar refractivity (Wildman–Crippen MR) is 72.9 cm³/mol. The molecule has 0 amide bonds. The van der Waals surface area contributed by atoms with Gasteiger partial charge in [-0.2, -0.15) is 0 Å². The molecule has 0 aromatic carbocycles. The van der Waals surface area contributed by atoms with Crippen LogP contribution in [0.15, 0.2) is 0 Å². The molecule has 2 aliphatic carbocycles. The zero-order valence-electron chi connectivity index (χ0n) is 12.6. The first-order valence-corrected chi connectivity index (χ1v) is 7.24. The van der Waals surface area contributed by atoms with Crippen molar-refractivity contribution < 1.29 is 5.11 Å². The van der Waals surface area contributed by atoms with E-state index in [0.717, 1.165) is 18.8 Å². The van der Waals surface area contributed by atoms with Crippen molar-refractivity contribution in [2.45, 2.75) is 79.2 Å². The zero-order valence-corrected chi connectivity index (χ0v) is 12.6. The molecule has 0 saturated heterocycles. The summed E-state index contributed by atoms with van der Waals surface area (Å²) in [6.07, 6.45) is 5.87. The standard InChI is InChI=1S/C16H30O/c1-13(2,3)9-10-16(17)14(4,5)12-7-8-15(16,6)11-12/h12,17H,7-11H2,1-6H3. The van der Waals surface area contributed by atoms with Gasteiger partial charge in [0.25, 0.3) is 0 Å². The summed E-state index contributed by atoms with van der Waals surface area (Å²) >= 11 is 0. The molecule has 17 heavy (non-hydrogen) atoms. The van der Waals surface area contributed by atoms with Gasteiger partial charge in [-0.15, -0.1) is 0 Å². The maximum absolute atomic E-state index is 11.3. The number of rotatable bonds is 2. The highest BCUT2D eigenvalue weighted by Gasteiger charge is 2.67. The van der Waals surface area contributed by atoms with E-state index < -0.39 is 5.60 Å². The van der Waals surface area contributed by atoms with Crippen molar-refractivity contribution in [3.8, 4) is 0 Å². The third kappa shape index (κ3) is 1.77. The SMILES string of the molecule is CC(C)(C)CCC1(O)C2(C)CCC(C2)C1(C)C. The molecule has 2 aliphatic rings. The fourth-order valence-corrected chi connectivity index (χ4v) is 4.53. The van der Waals surface area contributed by atoms with Gasteiger partial charge in [-0.1, -0.05) is 41.5 Å².